The Morgan fingerprint density at radius 3 is 1.96 bits per heavy atom. The maximum Gasteiger partial charge on any atom is 0.0716 e. The van der Waals surface area contributed by atoms with Crippen LogP contribution in [0.15, 0.2) is 30.3 Å². The fourth-order valence-corrected chi connectivity index (χ4v) is 2.10. The van der Waals surface area contributed by atoms with Gasteiger partial charge >= 0.3 is 0 Å². The second-order valence-corrected chi connectivity index (χ2v) is 5.65. The summed E-state index contributed by atoms with van der Waals surface area (Å²) < 4.78 is 15.5. The van der Waals surface area contributed by atoms with E-state index in [-0.39, 0.29) is 27.8 Å². The monoisotopic (exact) mass is 415 g/mol. The number of hydrogen-bond acceptors (Lipinski definition) is 4. The Kier molecular flexibility index (Phi) is 13.9. The van der Waals surface area contributed by atoms with Gasteiger partial charge in [0.15, 0.2) is 0 Å². The molecule has 1 N–H and O–H groups in total. The van der Waals surface area contributed by atoms with E-state index in [1.165, 1.54) is 5.56 Å². The third-order valence-corrected chi connectivity index (χ3v) is 3.73. The molecule has 0 unspecified atom stereocenters. The molecule has 136 valence electrons. The quantitative estimate of drug-likeness (QED) is 0.422. The molecule has 5 heteroatoms. The van der Waals surface area contributed by atoms with Gasteiger partial charge in [0.1, 0.15) is 0 Å². The van der Waals surface area contributed by atoms with Crippen LogP contribution in [0.2, 0.25) is 0 Å². The number of aliphatic hydroxyl groups excluding tert-OH is 1. The second-order valence-electron chi connectivity index (χ2n) is 5.65. The summed E-state index contributed by atoms with van der Waals surface area (Å²) in [6, 6.07) is 10.3. The molecule has 2 heterocycles. The zero-order valence-electron chi connectivity index (χ0n) is 13.9. The van der Waals surface area contributed by atoms with Crippen molar-refractivity contribution in [3.63, 3.8) is 0 Å². The van der Waals surface area contributed by atoms with Crippen LogP contribution in [0.3, 0.4) is 0 Å². The van der Waals surface area contributed by atoms with Crippen molar-refractivity contribution in [2.45, 2.75) is 19.4 Å². The Morgan fingerprint density at radius 1 is 0.957 bits per heavy atom. The summed E-state index contributed by atoms with van der Waals surface area (Å²) in [6.45, 7) is 5.47. The summed E-state index contributed by atoms with van der Waals surface area (Å²) in [4.78, 5) is 0. The molecule has 1 aromatic carbocycles. The summed E-state index contributed by atoms with van der Waals surface area (Å²) in [5.74, 6) is 1.40. The largest absolute Gasteiger partial charge is 0.396 e. The van der Waals surface area contributed by atoms with E-state index in [1.807, 2.05) is 18.2 Å². The van der Waals surface area contributed by atoms with Crippen molar-refractivity contribution in [3.8, 4) is 0 Å². The van der Waals surface area contributed by atoms with Crippen LogP contribution >= 0.6 is 0 Å². The molecule has 0 spiro atoms. The zero-order chi connectivity index (χ0) is 14.8. The van der Waals surface area contributed by atoms with Crippen molar-refractivity contribution in [1.29, 1.82) is 0 Å². The van der Waals surface area contributed by atoms with Crippen molar-refractivity contribution in [2.75, 3.05) is 39.6 Å². The van der Waals surface area contributed by atoms with Crippen LogP contribution in [0.4, 0.5) is 0 Å². The summed E-state index contributed by atoms with van der Waals surface area (Å²) in [5, 5.41) is 8.35. The molecule has 2 fully saturated rings. The van der Waals surface area contributed by atoms with Gasteiger partial charge in [0, 0.05) is 45.5 Å². The molecule has 3 rings (SSSR count). The Balaban J connectivity index is 0.000000463. The van der Waals surface area contributed by atoms with Crippen molar-refractivity contribution < 1.29 is 39.7 Å². The third-order valence-electron chi connectivity index (χ3n) is 3.73. The van der Waals surface area contributed by atoms with E-state index in [0.29, 0.717) is 12.5 Å². The van der Waals surface area contributed by atoms with E-state index in [1.54, 1.807) is 0 Å². The van der Waals surface area contributed by atoms with Gasteiger partial charge in [0.2, 0.25) is 0 Å². The first-order valence-corrected chi connectivity index (χ1v) is 7.76. The average molecular weight is 416 g/mol. The Morgan fingerprint density at radius 2 is 1.52 bits per heavy atom. The molecule has 0 bridgehead atoms. The molecule has 0 atom stereocenters. The van der Waals surface area contributed by atoms with Crippen LogP contribution in [-0.2, 0) is 41.2 Å². The first-order chi connectivity index (χ1) is 10.4. The van der Waals surface area contributed by atoms with Gasteiger partial charge in [-0.1, -0.05) is 30.3 Å². The number of benzene rings is 1. The number of ether oxygens (including phenoxy) is 3. The number of hydrogen-bond donors (Lipinski definition) is 1. The number of rotatable bonds is 7. The predicted octanol–water partition coefficient (Wildman–Crippen LogP) is 2.70. The van der Waals surface area contributed by atoms with E-state index in [2.05, 4.69) is 12.1 Å². The minimum Gasteiger partial charge on any atom is -0.396 e. The maximum absolute atomic E-state index is 8.35. The minimum absolute atomic E-state index is 0. The van der Waals surface area contributed by atoms with Gasteiger partial charge in [-0.25, -0.2) is 0 Å². The fourth-order valence-electron chi connectivity index (χ4n) is 2.10. The topological polar surface area (TPSA) is 47.9 Å². The smallest absolute Gasteiger partial charge is 0.0716 e. The van der Waals surface area contributed by atoms with E-state index < -0.39 is 0 Å². The normalized spacial score (nSPS) is 16.7. The molecule has 0 saturated carbocycles. The Hall–Kier alpha value is -0.278. The van der Waals surface area contributed by atoms with E-state index in [0.717, 1.165) is 58.4 Å². The van der Waals surface area contributed by atoms with E-state index in [9.17, 15) is 0 Å². The van der Waals surface area contributed by atoms with Gasteiger partial charge in [-0.3, -0.25) is 0 Å². The van der Waals surface area contributed by atoms with Crippen LogP contribution in [0, 0.1) is 19.3 Å². The average Bonchev–Trinajstić information content (AvgIpc) is 2.43. The Bertz CT molecular complexity index is 367. The van der Waals surface area contributed by atoms with Gasteiger partial charge in [0.25, 0.3) is 0 Å². The first kappa shape index (κ1) is 22.7. The molecule has 4 nitrogen and oxygen atoms in total. The molecule has 0 amide bonds. The summed E-state index contributed by atoms with van der Waals surface area (Å²) >= 11 is 0. The molecular formula is C18H29O4Pd-. The molecule has 0 radical (unpaired) electrons. The van der Waals surface area contributed by atoms with Gasteiger partial charge < -0.3 is 26.7 Å². The molecule has 1 aromatic rings. The maximum atomic E-state index is 8.35. The van der Waals surface area contributed by atoms with Crippen LogP contribution in [0.5, 0.6) is 0 Å². The predicted molar refractivity (Wildman–Crippen MR) is 87.4 cm³/mol. The molecule has 2 saturated heterocycles. The van der Waals surface area contributed by atoms with Crippen molar-refractivity contribution in [3.05, 3.63) is 43.3 Å². The summed E-state index contributed by atoms with van der Waals surface area (Å²) in [7, 11) is 0. The van der Waals surface area contributed by atoms with Gasteiger partial charge in [-0.05, 0) is 18.4 Å². The molecular weight excluding hydrogens is 387 g/mol. The molecule has 23 heavy (non-hydrogen) atoms. The standard InChI is InChI=1S/C12H16O2.C5H10O2.CH3.Pd/c1-2-4-11(5-3-1)8-13-7-6-12-9-14-10-12;6-2-1-5-3-7-4-5;;/h1-5,12H,6-10H2;5-6H,1-4H2;1H3;/q;;-1;. The fraction of sp³-hybridized carbons (Fsp3) is 0.611. The SMILES string of the molecule is OCCC1COC1.[CH3-].[Pd].c1ccc(COCCC2COC2)cc1. The third kappa shape index (κ3) is 9.56. The minimum atomic E-state index is 0. The van der Waals surface area contributed by atoms with Crippen molar-refractivity contribution in [1.82, 2.24) is 0 Å². The van der Waals surface area contributed by atoms with Gasteiger partial charge in [-0.2, -0.15) is 0 Å². The van der Waals surface area contributed by atoms with Crippen LogP contribution in [-0.4, -0.2) is 44.7 Å². The molecule has 0 aromatic heterocycles. The van der Waals surface area contributed by atoms with E-state index >= 15 is 0 Å². The first-order valence-electron chi connectivity index (χ1n) is 7.76. The van der Waals surface area contributed by atoms with Crippen LogP contribution in [0.25, 0.3) is 0 Å². The van der Waals surface area contributed by atoms with Crippen molar-refractivity contribution >= 4 is 0 Å². The molecule has 2 aliphatic rings. The summed E-state index contributed by atoms with van der Waals surface area (Å²) in [6.07, 6.45) is 2.05. The molecule has 2 aliphatic heterocycles. The zero-order valence-corrected chi connectivity index (χ0v) is 15.4. The van der Waals surface area contributed by atoms with Crippen LogP contribution in [0.1, 0.15) is 18.4 Å². The Labute approximate surface area is 154 Å². The van der Waals surface area contributed by atoms with Gasteiger partial charge in [0.05, 0.1) is 33.0 Å². The van der Waals surface area contributed by atoms with Gasteiger partial charge in [-0.15, -0.1) is 0 Å². The number of aliphatic hydroxyl groups is 1. The second kappa shape index (κ2) is 14.1. The van der Waals surface area contributed by atoms with Crippen LogP contribution < -0.4 is 0 Å². The van der Waals surface area contributed by atoms with E-state index in [4.69, 9.17) is 19.3 Å². The van der Waals surface area contributed by atoms with Crippen molar-refractivity contribution in [2.24, 2.45) is 11.8 Å². The summed E-state index contributed by atoms with van der Waals surface area (Å²) in [5.41, 5.74) is 1.25. The molecule has 0 aliphatic carbocycles.